The van der Waals surface area contributed by atoms with E-state index in [1.807, 2.05) is 18.2 Å². The molecule has 2 amide bonds. The Balaban J connectivity index is 1.57. The number of nitrogens with two attached hydrogens (primary N) is 1. The molecule has 0 aliphatic heterocycles. The van der Waals surface area contributed by atoms with Crippen molar-refractivity contribution >= 4 is 23.3 Å². The predicted octanol–water partition coefficient (Wildman–Crippen LogP) is 2.85. The molecule has 164 valence electrons. The van der Waals surface area contributed by atoms with Gasteiger partial charge in [0, 0.05) is 31.5 Å². The monoisotopic (exact) mass is 433 g/mol. The number of hydrogen-bond acceptors (Lipinski definition) is 6. The summed E-state index contributed by atoms with van der Waals surface area (Å²) < 4.78 is 5.74. The highest BCUT2D eigenvalue weighted by Crippen LogP contribution is 2.22. The van der Waals surface area contributed by atoms with Crippen LogP contribution >= 0.6 is 0 Å². The van der Waals surface area contributed by atoms with E-state index in [4.69, 9.17) is 15.3 Å². The zero-order valence-corrected chi connectivity index (χ0v) is 17.7. The molecule has 3 aromatic rings. The van der Waals surface area contributed by atoms with Gasteiger partial charge in [-0.2, -0.15) is 0 Å². The molecule has 0 saturated heterocycles. The number of anilines is 1. The second-order valence-corrected chi connectivity index (χ2v) is 6.85. The predicted molar refractivity (Wildman–Crippen MR) is 121 cm³/mol. The van der Waals surface area contributed by atoms with Gasteiger partial charge in [0.2, 0.25) is 5.88 Å². The molecular formula is C23H23N5O4. The lowest BCUT2D eigenvalue weighted by Crippen LogP contribution is -2.22. The zero-order chi connectivity index (χ0) is 22.9. The maximum absolute atomic E-state index is 12.1. The molecule has 3 N–H and O–H groups in total. The van der Waals surface area contributed by atoms with Gasteiger partial charge in [0.15, 0.2) is 12.4 Å². The van der Waals surface area contributed by atoms with Crippen molar-refractivity contribution in [2.75, 3.05) is 26.0 Å². The first-order valence-corrected chi connectivity index (χ1v) is 9.69. The van der Waals surface area contributed by atoms with Gasteiger partial charge in [0.25, 0.3) is 11.8 Å². The van der Waals surface area contributed by atoms with Crippen LogP contribution in [0.25, 0.3) is 0 Å². The van der Waals surface area contributed by atoms with E-state index in [2.05, 4.69) is 15.5 Å². The van der Waals surface area contributed by atoms with Crippen molar-refractivity contribution in [3.05, 3.63) is 84.1 Å². The Kier molecular flexibility index (Phi) is 7.37. The highest BCUT2D eigenvalue weighted by Gasteiger charge is 2.12. The summed E-state index contributed by atoms with van der Waals surface area (Å²) in [5.41, 5.74) is 7.47. The van der Waals surface area contributed by atoms with Crippen LogP contribution < -0.4 is 15.8 Å². The van der Waals surface area contributed by atoms with Crippen LogP contribution in [0.1, 0.15) is 15.9 Å². The Morgan fingerprint density at radius 1 is 1.03 bits per heavy atom. The van der Waals surface area contributed by atoms with Crippen LogP contribution in [-0.4, -0.2) is 48.2 Å². The molecule has 3 rings (SSSR count). The van der Waals surface area contributed by atoms with Gasteiger partial charge < -0.3 is 25.5 Å². The van der Waals surface area contributed by atoms with E-state index in [9.17, 15) is 9.59 Å². The first-order valence-electron chi connectivity index (χ1n) is 9.69. The van der Waals surface area contributed by atoms with Crippen LogP contribution in [0.4, 0.5) is 5.69 Å². The Hall–Kier alpha value is -4.40. The Morgan fingerprint density at radius 3 is 2.44 bits per heavy atom. The molecule has 0 saturated carbocycles. The summed E-state index contributed by atoms with van der Waals surface area (Å²) in [4.78, 5) is 34.8. The maximum Gasteiger partial charge on any atom is 0.265 e. The summed E-state index contributed by atoms with van der Waals surface area (Å²) in [6.07, 6.45) is 1.57. The number of hydrogen-bond donors (Lipinski definition) is 2. The Labute approximate surface area is 185 Å². The minimum Gasteiger partial charge on any atom is -0.438 e. The third kappa shape index (κ3) is 6.05. The van der Waals surface area contributed by atoms with Crippen molar-refractivity contribution in [2.24, 2.45) is 10.9 Å². The summed E-state index contributed by atoms with van der Waals surface area (Å²) in [5, 5.41) is 6.46. The van der Waals surface area contributed by atoms with Gasteiger partial charge in [0.1, 0.15) is 5.75 Å². The molecule has 0 atom stereocenters. The van der Waals surface area contributed by atoms with E-state index in [1.54, 1.807) is 68.8 Å². The van der Waals surface area contributed by atoms with E-state index >= 15 is 0 Å². The molecule has 0 bridgehead atoms. The number of pyridine rings is 1. The van der Waals surface area contributed by atoms with Gasteiger partial charge in [0.05, 0.1) is 5.56 Å². The molecule has 0 radical (unpaired) electrons. The number of para-hydroxylation sites is 1. The summed E-state index contributed by atoms with van der Waals surface area (Å²) >= 11 is 0. The highest BCUT2D eigenvalue weighted by atomic mass is 16.6. The smallest absolute Gasteiger partial charge is 0.265 e. The van der Waals surface area contributed by atoms with Crippen LogP contribution in [0.2, 0.25) is 0 Å². The molecule has 0 aliphatic rings. The lowest BCUT2D eigenvalue weighted by atomic mass is 10.2. The van der Waals surface area contributed by atoms with E-state index < -0.39 is 5.91 Å². The summed E-state index contributed by atoms with van der Waals surface area (Å²) in [6, 6.07) is 19.0. The molecule has 9 nitrogen and oxygen atoms in total. The van der Waals surface area contributed by atoms with Crippen LogP contribution in [0, 0.1) is 0 Å². The molecule has 32 heavy (non-hydrogen) atoms. The van der Waals surface area contributed by atoms with Crippen LogP contribution in [0.5, 0.6) is 11.6 Å². The van der Waals surface area contributed by atoms with Gasteiger partial charge in [-0.15, -0.1) is 0 Å². The number of aromatic nitrogens is 1. The van der Waals surface area contributed by atoms with Gasteiger partial charge in [-0.05, 0) is 48.5 Å². The van der Waals surface area contributed by atoms with Crippen LogP contribution in [-0.2, 0) is 9.63 Å². The van der Waals surface area contributed by atoms with Crippen molar-refractivity contribution < 1.29 is 19.2 Å². The minimum absolute atomic E-state index is 0.0170. The maximum atomic E-state index is 12.1. The van der Waals surface area contributed by atoms with Gasteiger partial charge in [-0.3, -0.25) is 9.59 Å². The molecule has 2 aromatic carbocycles. The molecule has 0 aliphatic carbocycles. The number of nitrogens with zero attached hydrogens (tertiary/aromatic N) is 3. The van der Waals surface area contributed by atoms with E-state index in [0.717, 1.165) is 0 Å². The number of ether oxygens (including phenoxy) is 1. The topological polar surface area (TPSA) is 119 Å². The van der Waals surface area contributed by atoms with Crippen molar-refractivity contribution in [2.45, 2.75) is 0 Å². The lowest BCUT2D eigenvalue weighted by Gasteiger charge is -2.11. The largest absolute Gasteiger partial charge is 0.438 e. The molecular weight excluding hydrogens is 410 g/mol. The van der Waals surface area contributed by atoms with Gasteiger partial charge >= 0.3 is 0 Å². The summed E-state index contributed by atoms with van der Waals surface area (Å²) in [5.74, 6) is 0.324. The average molecular weight is 433 g/mol. The van der Waals surface area contributed by atoms with E-state index in [-0.39, 0.29) is 24.2 Å². The third-order valence-corrected chi connectivity index (χ3v) is 4.19. The lowest BCUT2D eigenvalue weighted by molar-refractivity contribution is -0.120. The standard InChI is InChI=1S/C23H23N5O4/c1-28(2)23(30)16-10-12-17(13-11-16)26-20(29)15-31-27-21(24)19-9-6-14-25-22(19)32-18-7-4-3-5-8-18/h3-14H,15H2,1-2H3,(H2,24,27)(H,26,29). The van der Waals surface area contributed by atoms with Crippen molar-refractivity contribution in [3.8, 4) is 11.6 Å². The fraction of sp³-hybridized carbons (Fsp3) is 0.130. The van der Waals surface area contributed by atoms with Crippen molar-refractivity contribution in [1.29, 1.82) is 0 Å². The number of oxime groups is 1. The second-order valence-electron chi connectivity index (χ2n) is 6.85. The molecule has 0 unspecified atom stereocenters. The number of nitrogens with one attached hydrogen (secondary N) is 1. The third-order valence-electron chi connectivity index (χ3n) is 4.19. The Morgan fingerprint density at radius 2 is 1.75 bits per heavy atom. The van der Waals surface area contributed by atoms with Crippen molar-refractivity contribution in [1.82, 2.24) is 9.88 Å². The fourth-order valence-electron chi connectivity index (χ4n) is 2.63. The number of amides is 2. The average Bonchev–Trinajstić information content (AvgIpc) is 2.80. The molecule has 1 heterocycles. The molecule has 1 aromatic heterocycles. The fourth-order valence-corrected chi connectivity index (χ4v) is 2.63. The van der Waals surface area contributed by atoms with Crippen LogP contribution in [0.3, 0.4) is 0 Å². The summed E-state index contributed by atoms with van der Waals surface area (Å²) in [6.45, 7) is -0.353. The van der Waals surface area contributed by atoms with Crippen molar-refractivity contribution in [3.63, 3.8) is 0 Å². The van der Waals surface area contributed by atoms with E-state index in [1.165, 1.54) is 4.90 Å². The number of carbonyl (C=O) groups excluding carboxylic acids is 2. The van der Waals surface area contributed by atoms with E-state index in [0.29, 0.717) is 22.6 Å². The minimum atomic E-state index is -0.430. The molecule has 0 fully saturated rings. The molecule has 0 spiro atoms. The summed E-state index contributed by atoms with van der Waals surface area (Å²) in [7, 11) is 3.34. The van der Waals surface area contributed by atoms with Gasteiger partial charge in [-0.1, -0.05) is 23.4 Å². The highest BCUT2D eigenvalue weighted by molar-refractivity contribution is 5.99. The van der Waals surface area contributed by atoms with Crippen LogP contribution in [0.15, 0.2) is 78.1 Å². The first kappa shape index (κ1) is 22.3. The second kappa shape index (κ2) is 10.6. The molecule has 9 heteroatoms. The normalized spacial score (nSPS) is 10.9. The number of carbonyl (C=O) groups is 2. The number of amidine groups is 1. The first-order chi connectivity index (χ1) is 15.4. The Bertz CT molecular complexity index is 1100. The van der Waals surface area contributed by atoms with Gasteiger partial charge in [-0.25, -0.2) is 4.98 Å². The quantitative estimate of drug-likeness (QED) is 0.320. The number of benzene rings is 2. The number of rotatable bonds is 8. The zero-order valence-electron chi connectivity index (χ0n) is 17.7. The SMILES string of the molecule is CN(C)C(=O)c1ccc(NC(=O)CO/N=C(/N)c2cccnc2Oc2ccccc2)cc1.